The topological polar surface area (TPSA) is 156 Å². The summed E-state index contributed by atoms with van der Waals surface area (Å²) in [6.07, 6.45) is -4.14. The van der Waals surface area contributed by atoms with Gasteiger partial charge in [0.1, 0.15) is 25.0 Å². The lowest BCUT2D eigenvalue weighted by molar-refractivity contribution is -0.769. The van der Waals surface area contributed by atoms with Gasteiger partial charge in [-0.05, 0) is 0 Å². The largest absolute Gasteiger partial charge is 0.462 e. The molecule has 0 spiro atoms. The van der Waals surface area contributed by atoms with Gasteiger partial charge in [0.05, 0.1) is 19.8 Å². The Kier molecular flexibility index (Phi) is 6.25. The molecule has 0 aliphatic carbocycles. The predicted molar refractivity (Wildman–Crippen MR) is 71.9 cm³/mol. The third-order valence-corrected chi connectivity index (χ3v) is 3.39. The number of carbonyl (C=O) groups excluding carboxylic acids is 2. The number of hydrogen-bond acceptors (Lipinski definition) is 11. The molecule has 0 bridgehead atoms. The molecule has 2 aliphatic heterocycles. The smallest absolute Gasteiger partial charge is 0.320 e. The van der Waals surface area contributed by atoms with Gasteiger partial charge in [-0.1, -0.05) is 0 Å². The summed E-state index contributed by atoms with van der Waals surface area (Å²) in [6.45, 7) is 0.543. The second kappa shape index (κ2) is 8.19. The van der Waals surface area contributed by atoms with E-state index in [9.17, 15) is 24.8 Å². The maximum absolute atomic E-state index is 11.7. The molecule has 0 aromatic rings. The van der Waals surface area contributed by atoms with Gasteiger partial charge >= 0.3 is 11.9 Å². The Bertz CT molecular complexity index is 486. The van der Waals surface area contributed by atoms with Crippen LogP contribution in [0.1, 0.15) is 6.92 Å². The molecule has 0 aromatic heterocycles. The third kappa shape index (κ3) is 4.99. The van der Waals surface area contributed by atoms with Gasteiger partial charge in [0.2, 0.25) is 0 Å². The van der Waals surface area contributed by atoms with Crippen molar-refractivity contribution in [1.82, 2.24) is 5.32 Å². The van der Waals surface area contributed by atoms with Crippen LogP contribution >= 0.6 is 0 Å². The SMILES string of the molecule is CC(=O)OCC(O)NCC(=O)O[C@@H]1CO[C@@H]2C(O[N+](=O)[O-])CO[C@@H]21. The van der Waals surface area contributed by atoms with Crippen LogP contribution in [0.5, 0.6) is 0 Å². The van der Waals surface area contributed by atoms with E-state index in [0.717, 1.165) is 0 Å². The molecule has 2 rings (SSSR count). The molecule has 0 aromatic carbocycles. The van der Waals surface area contributed by atoms with E-state index in [1.54, 1.807) is 0 Å². The van der Waals surface area contributed by atoms with Gasteiger partial charge in [0, 0.05) is 6.92 Å². The minimum Gasteiger partial charge on any atom is -0.462 e. The first-order valence-electron chi connectivity index (χ1n) is 7.15. The number of esters is 2. The van der Waals surface area contributed by atoms with Crippen molar-refractivity contribution in [3.63, 3.8) is 0 Å². The van der Waals surface area contributed by atoms with Crippen molar-refractivity contribution in [2.75, 3.05) is 26.4 Å². The van der Waals surface area contributed by atoms with Crippen molar-refractivity contribution in [3.8, 4) is 0 Å². The minimum atomic E-state index is -1.21. The molecule has 0 saturated carbocycles. The Morgan fingerprint density at radius 1 is 1.33 bits per heavy atom. The van der Waals surface area contributed by atoms with E-state index >= 15 is 0 Å². The number of ether oxygens (including phenoxy) is 4. The minimum absolute atomic E-state index is 0.0225. The molecule has 0 radical (unpaired) electrons. The average molecular weight is 350 g/mol. The monoisotopic (exact) mass is 350 g/mol. The molecule has 2 fully saturated rings. The zero-order valence-corrected chi connectivity index (χ0v) is 12.8. The number of nitrogens with zero attached hydrogens (tertiary/aromatic N) is 1. The summed E-state index contributed by atoms with van der Waals surface area (Å²) in [4.78, 5) is 37.1. The molecule has 12 nitrogen and oxygen atoms in total. The third-order valence-electron chi connectivity index (χ3n) is 3.39. The molecule has 2 unspecified atom stereocenters. The molecule has 136 valence electrons. The van der Waals surface area contributed by atoms with Gasteiger partial charge < -0.3 is 28.9 Å². The lowest BCUT2D eigenvalue weighted by atomic mass is 10.1. The molecule has 2 N–H and O–H groups in total. The number of aliphatic hydroxyl groups is 1. The van der Waals surface area contributed by atoms with E-state index in [1.807, 2.05) is 0 Å². The lowest BCUT2D eigenvalue weighted by Gasteiger charge is -2.18. The zero-order chi connectivity index (χ0) is 17.7. The van der Waals surface area contributed by atoms with Crippen molar-refractivity contribution in [2.24, 2.45) is 0 Å². The maximum atomic E-state index is 11.7. The van der Waals surface area contributed by atoms with Crippen LogP contribution in [0.2, 0.25) is 0 Å². The maximum Gasteiger partial charge on any atom is 0.320 e. The summed E-state index contributed by atoms with van der Waals surface area (Å²) in [5.74, 6) is -1.24. The molecule has 0 amide bonds. The molecule has 24 heavy (non-hydrogen) atoms. The summed E-state index contributed by atoms with van der Waals surface area (Å²) >= 11 is 0. The van der Waals surface area contributed by atoms with Crippen LogP contribution in [0.15, 0.2) is 0 Å². The van der Waals surface area contributed by atoms with E-state index in [0.29, 0.717) is 0 Å². The van der Waals surface area contributed by atoms with Crippen LogP contribution in [0.4, 0.5) is 0 Å². The first-order chi connectivity index (χ1) is 11.4. The molecule has 2 heterocycles. The van der Waals surface area contributed by atoms with Gasteiger partial charge in [0.25, 0.3) is 5.09 Å². The van der Waals surface area contributed by atoms with Gasteiger partial charge in [-0.15, -0.1) is 10.1 Å². The van der Waals surface area contributed by atoms with Crippen LogP contribution in [-0.2, 0) is 33.4 Å². The molecule has 2 saturated heterocycles. The average Bonchev–Trinajstić information content (AvgIpc) is 3.07. The predicted octanol–water partition coefficient (Wildman–Crippen LogP) is -2.26. The number of fused-ring (bicyclic) bond motifs is 1. The van der Waals surface area contributed by atoms with Crippen LogP contribution in [0, 0.1) is 10.1 Å². The Morgan fingerprint density at radius 2 is 1.96 bits per heavy atom. The number of aliphatic hydroxyl groups excluding tert-OH is 1. The number of nitrogens with one attached hydrogen (secondary N) is 1. The Balaban J connectivity index is 1.71. The second-order valence-corrected chi connectivity index (χ2v) is 5.19. The van der Waals surface area contributed by atoms with Crippen LogP contribution in [-0.4, -0.2) is 79.1 Å². The molecular formula is C12H18N2O10. The fourth-order valence-electron chi connectivity index (χ4n) is 2.40. The Hall–Kier alpha value is -2.02. The van der Waals surface area contributed by atoms with E-state index in [4.69, 9.17) is 14.2 Å². The molecule has 12 heteroatoms. The van der Waals surface area contributed by atoms with E-state index in [1.165, 1.54) is 6.92 Å². The highest BCUT2D eigenvalue weighted by molar-refractivity contribution is 5.72. The fraction of sp³-hybridized carbons (Fsp3) is 0.833. The summed E-state index contributed by atoms with van der Waals surface area (Å²) < 4.78 is 20.4. The zero-order valence-electron chi connectivity index (χ0n) is 12.8. The number of rotatable bonds is 8. The van der Waals surface area contributed by atoms with Crippen molar-refractivity contribution in [2.45, 2.75) is 37.6 Å². The fourth-order valence-corrected chi connectivity index (χ4v) is 2.40. The van der Waals surface area contributed by atoms with E-state index in [-0.39, 0.29) is 26.4 Å². The number of hydrogen-bond donors (Lipinski definition) is 2. The highest BCUT2D eigenvalue weighted by Gasteiger charge is 2.51. The Morgan fingerprint density at radius 3 is 2.58 bits per heavy atom. The van der Waals surface area contributed by atoms with E-state index in [2.05, 4.69) is 14.9 Å². The Labute approximate surface area is 136 Å². The second-order valence-electron chi connectivity index (χ2n) is 5.19. The highest BCUT2D eigenvalue weighted by atomic mass is 17.0. The highest BCUT2D eigenvalue weighted by Crippen LogP contribution is 2.30. The summed E-state index contributed by atoms with van der Waals surface area (Å²) in [7, 11) is 0. The van der Waals surface area contributed by atoms with Gasteiger partial charge in [-0.25, -0.2) is 0 Å². The normalized spacial score (nSPS) is 29.6. The summed E-state index contributed by atoms with van der Waals surface area (Å²) in [6, 6.07) is 0. The lowest BCUT2D eigenvalue weighted by Crippen LogP contribution is -2.41. The van der Waals surface area contributed by atoms with Crippen molar-refractivity contribution in [3.05, 3.63) is 10.1 Å². The summed E-state index contributed by atoms with van der Waals surface area (Å²) in [5.41, 5.74) is 0. The standard InChI is InChI=1S/C12H18N2O10/c1-6(15)20-5-9(16)13-2-10(17)23-7-3-21-12-8(24-14(18)19)4-22-11(7)12/h7-9,11-13,16H,2-5H2,1H3/t7-,8?,9?,11-,12-/m1/s1. The number of carbonyl (C=O) groups is 2. The summed E-state index contributed by atoms with van der Waals surface area (Å²) in [5, 5.41) is 21.3. The van der Waals surface area contributed by atoms with Gasteiger partial charge in [-0.3, -0.25) is 14.9 Å². The van der Waals surface area contributed by atoms with Crippen LogP contribution in [0.25, 0.3) is 0 Å². The molecular weight excluding hydrogens is 332 g/mol. The van der Waals surface area contributed by atoms with Crippen molar-refractivity contribution >= 4 is 11.9 Å². The van der Waals surface area contributed by atoms with Gasteiger partial charge in [-0.2, -0.15) is 0 Å². The first kappa shape index (κ1) is 18.3. The molecule has 2 aliphatic rings. The van der Waals surface area contributed by atoms with Crippen molar-refractivity contribution in [1.29, 1.82) is 0 Å². The molecule has 5 atom stereocenters. The van der Waals surface area contributed by atoms with Crippen molar-refractivity contribution < 1.29 is 43.6 Å². The first-order valence-corrected chi connectivity index (χ1v) is 7.15. The van der Waals surface area contributed by atoms with Gasteiger partial charge in [0.15, 0.2) is 12.2 Å². The quantitative estimate of drug-likeness (QED) is 0.211. The van der Waals surface area contributed by atoms with E-state index < -0.39 is 47.7 Å². The van der Waals surface area contributed by atoms with Crippen LogP contribution < -0.4 is 5.32 Å². The van der Waals surface area contributed by atoms with Crippen LogP contribution in [0.3, 0.4) is 0 Å².